The van der Waals surface area contributed by atoms with Crippen LogP contribution in [0.2, 0.25) is 0 Å². The fourth-order valence-corrected chi connectivity index (χ4v) is 1.98. The van der Waals surface area contributed by atoms with Crippen molar-refractivity contribution in [2.45, 2.75) is 26.4 Å². The molecule has 1 N–H and O–H groups in total. The van der Waals surface area contributed by atoms with Gasteiger partial charge in [-0.2, -0.15) is 5.26 Å². The Morgan fingerprint density at radius 2 is 1.95 bits per heavy atom. The van der Waals surface area contributed by atoms with E-state index in [4.69, 9.17) is 10.00 Å². The summed E-state index contributed by atoms with van der Waals surface area (Å²) in [5, 5.41) is 18.4. The molecule has 0 spiro atoms. The molecule has 0 aliphatic rings. The number of nitriles is 1. The summed E-state index contributed by atoms with van der Waals surface area (Å²) >= 11 is 0. The maximum Gasteiger partial charge on any atom is 0.133 e. The number of ether oxygens (including phenoxy) is 1. The Bertz CT molecular complexity index is 672. The maximum absolute atomic E-state index is 13.6. The van der Waals surface area contributed by atoms with Crippen molar-refractivity contribution in [1.82, 2.24) is 0 Å². The second kappa shape index (κ2) is 6.38. The standard InChI is InChI=1S/C17H16FNO2/c1-11-9-17(15(12(2)20)10-16(11)18)21-14-5-3-13(4-6-14)7-8-19/h3-6,9-10,12,20H,7H2,1-2H3/t12-/m1/s1. The lowest BCUT2D eigenvalue weighted by Gasteiger charge is -2.15. The SMILES string of the molecule is Cc1cc(Oc2ccc(CC#N)cc2)c([C@@H](C)O)cc1F. The average molecular weight is 285 g/mol. The van der Waals surface area contributed by atoms with Crippen LogP contribution >= 0.6 is 0 Å². The van der Waals surface area contributed by atoms with Crippen LogP contribution in [0.25, 0.3) is 0 Å². The van der Waals surface area contributed by atoms with E-state index in [2.05, 4.69) is 6.07 Å². The minimum Gasteiger partial charge on any atom is -0.457 e. The zero-order valence-corrected chi connectivity index (χ0v) is 11.9. The molecule has 0 aliphatic carbocycles. The second-order valence-corrected chi connectivity index (χ2v) is 4.90. The third kappa shape index (κ3) is 3.59. The normalized spacial score (nSPS) is 11.8. The molecule has 0 radical (unpaired) electrons. The van der Waals surface area contributed by atoms with Gasteiger partial charge in [-0.1, -0.05) is 12.1 Å². The molecule has 0 aliphatic heterocycles. The third-order valence-corrected chi connectivity index (χ3v) is 3.18. The highest BCUT2D eigenvalue weighted by Crippen LogP contribution is 2.32. The fraction of sp³-hybridized carbons (Fsp3) is 0.235. The van der Waals surface area contributed by atoms with Gasteiger partial charge in [-0.15, -0.1) is 0 Å². The van der Waals surface area contributed by atoms with E-state index in [0.717, 1.165) is 5.56 Å². The average Bonchev–Trinajstić information content (AvgIpc) is 2.44. The molecule has 3 nitrogen and oxygen atoms in total. The lowest BCUT2D eigenvalue weighted by molar-refractivity contribution is 0.195. The van der Waals surface area contributed by atoms with Crippen LogP contribution < -0.4 is 4.74 Å². The minimum absolute atomic E-state index is 0.342. The summed E-state index contributed by atoms with van der Waals surface area (Å²) in [4.78, 5) is 0. The summed E-state index contributed by atoms with van der Waals surface area (Å²) in [6.07, 6.45) is -0.484. The van der Waals surface area contributed by atoms with Crippen molar-refractivity contribution in [1.29, 1.82) is 5.26 Å². The van der Waals surface area contributed by atoms with Crippen LogP contribution in [0, 0.1) is 24.1 Å². The number of benzene rings is 2. The van der Waals surface area contributed by atoms with E-state index in [0.29, 0.717) is 29.0 Å². The van der Waals surface area contributed by atoms with Crippen LogP contribution in [-0.2, 0) is 6.42 Å². The van der Waals surface area contributed by atoms with Gasteiger partial charge in [0, 0.05) is 5.56 Å². The van der Waals surface area contributed by atoms with Gasteiger partial charge < -0.3 is 9.84 Å². The van der Waals surface area contributed by atoms with Crippen LogP contribution in [0.4, 0.5) is 4.39 Å². The van der Waals surface area contributed by atoms with Crippen LogP contribution in [0.3, 0.4) is 0 Å². The summed E-state index contributed by atoms with van der Waals surface area (Å²) < 4.78 is 19.3. The Labute approximate surface area is 123 Å². The molecule has 1 atom stereocenters. The predicted molar refractivity (Wildman–Crippen MR) is 77.6 cm³/mol. The highest BCUT2D eigenvalue weighted by Gasteiger charge is 2.13. The Kier molecular flexibility index (Phi) is 4.56. The van der Waals surface area contributed by atoms with Crippen molar-refractivity contribution in [2.24, 2.45) is 0 Å². The Morgan fingerprint density at radius 3 is 2.52 bits per heavy atom. The van der Waals surface area contributed by atoms with Gasteiger partial charge in [0.05, 0.1) is 18.6 Å². The maximum atomic E-state index is 13.6. The first-order chi connectivity index (χ1) is 10.0. The highest BCUT2D eigenvalue weighted by molar-refractivity contribution is 5.42. The summed E-state index contributed by atoms with van der Waals surface area (Å²) in [6.45, 7) is 3.21. The summed E-state index contributed by atoms with van der Waals surface area (Å²) in [5.41, 5.74) is 1.76. The molecule has 0 saturated heterocycles. The zero-order valence-electron chi connectivity index (χ0n) is 11.9. The quantitative estimate of drug-likeness (QED) is 0.922. The van der Waals surface area contributed by atoms with Gasteiger partial charge in [-0.25, -0.2) is 4.39 Å². The molecule has 108 valence electrons. The first-order valence-electron chi connectivity index (χ1n) is 6.63. The Hall–Kier alpha value is -2.38. The van der Waals surface area contributed by atoms with E-state index in [1.54, 1.807) is 44.2 Å². The predicted octanol–water partition coefficient (Wildman–Crippen LogP) is 4.05. The van der Waals surface area contributed by atoms with Gasteiger partial charge in [0.15, 0.2) is 0 Å². The number of hydrogen-bond acceptors (Lipinski definition) is 3. The fourth-order valence-electron chi connectivity index (χ4n) is 1.98. The summed E-state index contributed by atoms with van der Waals surface area (Å²) in [6, 6.07) is 12.0. The van der Waals surface area contributed by atoms with Crippen molar-refractivity contribution < 1.29 is 14.2 Å². The molecule has 2 aromatic rings. The number of aliphatic hydroxyl groups excluding tert-OH is 1. The molecule has 21 heavy (non-hydrogen) atoms. The molecule has 0 heterocycles. The number of aryl methyl sites for hydroxylation is 1. The molecule has 0 fully saturated rings. The van der Waals surface area contributed by atoms with Crippen molar-refractivity contribution in [3.63, 3.8) is 0 Å². The number of halogens is 1. The second-order valence-electron chi connectivity index (χ2n) is 4.90. The Balaban J connectivity index is 2.30. The largest absolute Gasteiger partial charge is 0.457 e. The lowest BCUT2D eigenvalue weighted by atomic mass is 10.1. The van der Waals surface area contributed by atoms with Gasteiger partial charge in [-0.3, -0.25) is 0 Å². The van der Waals surface area contributed by atoms with Crippen LogP contribution in [-0.4, -0.2) is 5.11 Å². The van der Waals surface area contributed by atoms with Gasteiger partial charge in [0.1, 0.15) is 17.3 Å². The Morgan fingerprint density at radius 1 is 1.29 bits per heavy atom. The molecule has 2 aromatic carbocycles. The van der Waals surface area contributed by atoms with E-state index in [-0.39, 0.29) is 5.82 Å². The van der Waals surface area contributed by atoms with Gasteiger partial charge in [0.25, 0.3) is 0 Å². The van der Waals surface area contributed by atoms with E-state index in [1.165, 1.54) is 6.07 Å². The monoisotopic (exact) mass is 285 g/mol. The van der Waals surface area contributed by atoms with E-state index in [1.807, 2.05) is 0 Å². The highest BCUT2D eigenvalue weighted by atomic mass is 19.1. The van der Waals surface area contributed by atoms with Crippen LogP contribution in [0.15, 0.2) is 36.4 Å². The first-order valence-corrected chi connectivity index (χ1v) is 6.63. The lowest BCUT2D eigenvalue weighted by Crippen LogP contribution is -1.99. The van der Waals surface area contributed by atoms with E-state index in [9.17, 15) is 9.50 Å². The van der Waals surface area contributed by atoms with E-state index >= 15 is 0 Å². The van der Waals surface area contributed by atoms with Crippen molar-refractivity contribution in [2.75, 3.05) is 0 Å². The van der Waals surface area contributed by atoms with Gasteiger partial charge >= 0.3 is 0 Å². The molecule has 0 amide bonds. The summed E-state index contributed by atoms with van der Waals surface area (Å²) in [7, 11) is 0. The molecule has 2 rings (SSSR count). The van der Waals surface area contributed by atoms with Gasteiger partial charge in [0.2, 0.25) is 0 Å². The molecular formula is C17H16FNO2. The topological polar surface area (TPSA) is 53.2 Å². The summed E-state index contributed by atoms with van der Waals surface area (Å²) in [5.74, 6) is 0.629. The molecular weight excluding hydrogens is 269 g/mol. The van der Waals surface area contributed by atoms with Crippen molar-refractivity contribution in [3.05, 3.63) is 58.9 Å². The zero-order chi connectivity index (χ0) is 15.4. The van der Waals surface area contributed by atoms with Crippen LogP contribution in [0.1, 0.15) is 29.7 Å². The molecule has 0 aromatic heterocycles. The minimum atomic E-state index is -0.826. The van der Waals surface area contributed by atoms with Crippen molar-refractivity contribution in [3.8, 4) is 17.6 Å². The molecule has 4 heteroatoms. The third-order valence-electron chi connectivity index (χ3n) is 3.18. The first kappa shape index (κ1) is 15.0. The van der Waals surface area contributed by atoms with Gasteiger partial charge in [-0.05, 0) is 49.2 Å². The van der Waals surface area contributed by atoms with E-state index < -0.39 is 6.10 Å². The molecule has 0 bridgehead atoms. The van der Waals surface area contributed by atoms with Crippen LogP contribution in [0.5, 0.6) is 11.5 Å². The molecule has 0 unspecified atom stereocenters. The number of rotatable bonds is 4. The smallest absolute Gasteiger partial charge is 0.133 e. The van der Waals surface area contributed by atoms with Crippen molar-refractivity contribution >= 4 is 0 Å². The number of aliphatic hydroxyl groups is 1. The molecule has 0 saturated carbocycles. The number of nitrogens with zero attached hydrogens (tertiary/aromatic N) is 1. The number of hydrogen-bond donors (Lipinski definition) is 1.